The molecule has 0 aliphatic carbocycles. The van der Waals surface area contributed by atoms with E-state index in [1.807, 2.05) is 0 Å². The van der Waals surface area contributed by atoms with Gasteiger partial charge in [0.15, 0.2) is 5.78 Å². The number of rotatable bonds is 4. The summed E-state index contributed by atoms with van der Waals surface area (Å²) in [7, 11) is 0. The summed E-state index contributed by atoms with van der Waals surface area (Å²) in [5.74, 6) is -0.443. The van der Waals surface area contributed by atoms with Gasteiger partial charge in [0.2, 0.25) is 0 Å². The number of hydrogen-bond donors (Lipinski definition) is 4. The van der Waals surface area contributed by atoms with E-state index >= 15 is 0 Å². The van der Waals surface area contributed by atoms with Gasteiger partial charge in [0.1, 0.15) is 6.10 Å². The molecule has 0 amide bonds. The van der Waals surface area contributed by atoms with Crippen molar-refractivity contribution in [1.82, 2.24) is 0 Å². The quantitative estimate of drug-likeness (QED) is 0.368. The van der Waals surface area contributed by atoms with Crippen LogP contribution in [-0.4, -0.2) is 40.8 Å². The van der Waals surface area contributed by atoms with E-state index in [9.17, 15) is 4.79 Å². The summed E-state index contributed by atoms with van der Waals surface area (Å²) in [6.07, 6.45) is -1.28. The van der Waals surface area contributed by atoms with Crippen molar-refractivity contribution < 1.29 is 15.0 Å². The lowest BCUT2D eigenvalue weighted by Crippen LogP contribution is -2.53. The van der Waals surface area contributed by atoms with Crippen LogP contribution in [0, 0.1) is 0 Å². The van der Waals surface area contributed by atoms with Crippen molar-refractivity contribution in [3.05, 3.63) is 0 Å². The summed E-state index contributed by atoms with van der Waals surface area (Å²) in [6, 6.07) is -1.65. The minimum absolute atomic E-state index is 0.342. The second-order valence-corrected chi connectivity index (χ2v) is 2.48. The molecule has 0 saturated carbocycles. The largest absolute Gasteiger partial charge is 0.395 e. The third-order valence-corrected chi connectivity index (χ3v) is 1.49. The fraction of sp³-hybridized carbons (Fsp3) is 0.833. The zero-order valence-corrected chi connectivity index (χ0v) is 6.40. The van der Waals surface area contributed by atoms with Crippen LogP contribution in [0.5, 0.6) is 0 Å². The van der Waals surface area contributed by atoms with Crippen LogP contribution >= 0.6 is 0 Å². The Hall–Kier alpha value is -0.490. The van der Waals surface area contributed by atoms with E-state index in [2.05, 4.69) is 0 Å². The minimum atomic E-state index is -1.28. The Morgan fingerprint density at radius 2 is 2.00 bits per heavy atom. The average molecular weight is 162 g/mol. The van der Waals surface area contributed by atoms with Crippen LogP contribution in [-0.2, 0) is 4.79 Å². The third-order valence-electron chi connectivity index (χ3n) is 1.49. The molecule has 0 heterocycles. The van der Waals surface area contributed by atoms with Gasteiger partial charge in [-0.05, 0) is 6.92 Å². The first kappa shape index (κ1) is 10.5. The second kappa shape index (κ2) is 4.40. The van der Waals surface area contributed by atoms with E-state index in [0.717, 1.165) is 0 Å². The number of aliphatic hydroxyl groups excluding tert-OH is 2. The van der Waals surface area contributed by atoms with Gasteiger partial charge >= 0.3 is 0 Å². The molecule has 0 spiro atoms. The van der Waals surface area contributed by atoms with Crippen molar-refractivity contribution >= 4 is 5.78 Å². The molecule has 66 valence electrons. The molecule has 5 heteroatoms. The molecule has 3 atom stereocenters. The van der Waals surface area contributed by atoms with Crippen LogP contribution in [0.3, 0.4) is 0 Å². The van der Waals surface area contributed by atoms with Gasteiger partial charge in [0, 0.05) is 6.04 Å². The molecule has 6 N–H and O–H groups in total. The summed E-state index contributed by atoms with van der Waals surface area (Å²) in [6.45, 7) is 0.875. The molecule has 5 nitrogen and oxygen atoms in total. The topological polar surface area (TPSA) is 110 Å². The summed E-state index contributed by atoms with van der Waals surface area (Å²) in [5, 5.41) is 17.5. The first-order valence-corrected chi connectivity index (χ1v) is 3.31. The van der Waals surface area contributed by atoms with Crippen molar-refractivity contribution in [2.24, 2.45) is 11.5 Å². The Kier molecular flexibility index (Phi) is 4.20. The number of ketones is 1. The smallest absolute Gasteiger partial charge is 0.159 e. The van der Waals surface area contributed by atoms with Crippen molar-refractivity contribution in [3.8, 4) is 0 Å². The fourth-order valence-electron chi connectivity index (χ4n) is 0.627. The van der Waals surface area contributed by atoms with E-state index in [1.54, 1.807) is 0 Å². The van der Waals surface area contributed by atoms with Crippen LogP contribution in [0.2, 0.25) is 0 Å². The molecule has 0 fully saturated rings. The summed E-state index contributed by atoms with van der Waals surface area (Å²) >= 11 is 0. The van der Waals surface area contributed by atoms with Crippen molar-refractivity contribution in [2.45, 2.75) is 25.1 Å². The maximum Gasteiger partial charge on any atom is 0.159 e. The molecule has 0 rings (SSSR count). The van der Waals surface area contributed by atoms with E-state index in [1.165, 1.54) is 6.92 Å². The summed E-state index contributed by atoms with van der Waals surface area (Å²) in [5.41, 5.74) is 10.6. The lowest BCUT2D eigenvalue weighted by Gasteiger charge is -2.20. The van der Waals surface area contributed by atoms with E-state index in [-0.39, 0.29) is 6.61 Å². The van der Waals surface area contributed by atoms with Gasteiger partial charge in [-0.3, -0.25) is 4.79 Å². The molecular formula is C6H14N2O3. The molecular weight excluding hydrogens is 148 g/mol. The molecule has 11 heavy (non-hydrogen) atoms. The highest BCUT2D eigenvalue weighted by atomic mass is 16.3. The van der Waals surface area contributed by atoms with Gasteiger partial charge in [0.25, 0.3) is 0 Å². The molecule has 0 aliphatic rings. The normalized spacial score (nSPS) is 19.0. The van der Waals surface area contributed by atoms with Crippen LogP contribution in [0.15, 0.2) is 0 Å². The van der Waals surface area contributed by atoms with Crippen LogP contribution in [0.25, 0.3) is 0 Å². The maximum atomic E-state index is 10.5. The Morgan fingerprint density at radius 1 is 1.55 bits per heavy atom. The highest BCUT2D eigenvalue weighted by Crippen LogP contribution is 1.95. The predicted molar refractivity (Wildman–Crippen MR) is 39.7 cm³/mol. The Balaban J connectivity index is 4.00. The number of aliphatic hydroxyl groups is 2. The van der Waals surface area contributed by atoms with Crippen molar-refractivity contribution in [3.63, 3.8) is 0 Å². The van der Waals surface area contributed by atoms with Gasteiger partial charge in [-0.1, -0.05) is 0 Å². The molecule has 0 bridgehead atoms. The number of nitrogens with two attached hydrogens (primary N) is 2. The predicted octanol–water partition coefficient (Wildman–Crippen LogP) is -2.42. The third kappa shape index (κ3) is 2.94. The zero-order valence-electron chi connectivity index (χ0n) is 6.40. The van der Waals surface area contributed by atoms with E-state index in [4.69, 9.17) is 21.7 Å². The monoisotopic (exact) mass is 162 g/mol. The Bertz CT molecular complexity index is 140. The van der Waals surface area contributed by atoms with Crippen LogP contribution in [0.4, 0.5) is 0 Å². The number of carbonyl (C=O) groups excluding carboxylic acids is 1. The molecule has 0 radical (unpaired) electrons. The summed E-state index contributed by atoms with van der Waals surface area (Å²) in [4.78, 5) is 10.5. The SMILES string of the molecule is CC(=O)C(O)C(N)C(N)CO. The lowest BCUT2D eigenvalue weighted by molar-refractivity contribution is -0.126. The molecule has 0 aromatic carbocycles. The average Bonchev–Trinajstić information content (AvgIpc) is 2.00. The lowest BCUT2D eigenvalue weighted by atomic mass is 10.0. The van der Waals surface area contributed by atoms with Gasteiger partial charge in [0.05, 0.1) is 12.6 Å². The Labute approximate surface area is 65.0 Å². The first-order chi connectivity index (χ1) is 5.00. The highest BCUT2D eigenvalue weighted by molar-refractivity contribution is 5.81. The van der Waals surface area contributed by atoms with Crippen LogP contribution < -0.4 is 11.5 Å². The van der Waals surface area contributed by atoms with Gasteiger partial charge in [-0.2, -0.15) is 0 Å². The Morgan fingerprint density at radius 3 is 2.27 bits per heavy atom. The highest BCUT2D eigenvalue weighted by Gasteiger charge is 2.24. The molecule has 0 aromatic rings. The second-order valence-electron chi connectivity index (χ2n) is 2.48. The van der Waals surface area contributed by atoms with Gasteiger partial charge in [-0.15, -0.1) is 0 Å². The van der Waals surface area contributed by atoms with Crippen molar-refractivity contribution in [2.75, 3.05) is 6.61 Å². The number of hydrogen-bond acceptors (Lipinski definition) is 5. The fourth-order valence-corrected chi connectivity index (χ4v) is 0.627. The first-order valence-electron chi connectivity index (χ1n) is 3.31. The van der Waals surface area contributed by atoms with Crippen molar-refractivity contribution in [1.29, 1.82) is 0 Å². The number of Topliss-reactive ketones (excluding diaryl/α,β-unsaturated/α-hetero) is 1. The maximum absolute atomic E-state index is 10.5. The van der Waals surface area contributed by atoms with Gasteiger partial charge < -0.3 is 21.7 Å². The van der Waals surface area contributed by atoms with Crippen LogP contribution in [0.1, 0.15) is 6.92 Å². The minimum Gasteiger partial charge on any atom is -0.395 e. The zero-order chi connectivity index (χ0) is 9.02. The molecule has 3 unspecified atom stereocenters. The van der Waals surface area contributed by atoms with Gasteiger partial charge in [-0.25, -0.2) is 0 Å². The molecule has 0 saturated heterocycles. The summed E-state index contributed by atoms with van der Waals surface area (Å²) < 4.78 is 0. The number of carbonyl (C=O) groups is 1. The molecule has 0 aromatic heterocycles. The van der Waals surface area contributed by atoms with E-state index < -0.39 is 24.0 Å². The van der Waals surface area contributed by atoms with E-state index in [0.29, 0.717) is 0 Å². The standard InChI is InChI=1S/C6H14N2O3/c1-3(10)6(11)5(8)4(7)2-9/h4-6,9,11H,2,7-8H2,1H3. The molecule has 0 aliphatic heterocycles.